The zero-order valence-electron chi connectivity index (χ0n) is 6.33. The minimum absolute atomic E-state index is 0.0451. The van der Waals surface area contributed by atoms with E-state index in [0.717, 1.165) is 0 Å². The number of ether oxygens (including phenoxy) is 2. The van der Waals surface area contributed by atoms with Crippen molar-refractivity contribution < 1.29 is 19.1 Å². The highest BCUT2D eigenvalue weighted by Gasteiger charge is 2.32. The SMILES string of the molecule is CCOC(=O)C1COCC1=O. The first-order valence-corrected chi connectivity index (χ1v) is 3.52. The van der Waals surface area contributed by atoms with Gasteiger partial charge in [0, 0.05) is 0 Å². The summed E-state index contributed by atoms with van der Waals surface area (Å²) in [5, 5.41) is 0. The van der Waals surface area contributed by atoms with E-state index in [-0.39, 0.29) is 19.0 Å². The Morgan fingerprint density at radius 1 is 1.82 bits per heavy atom. The number of esters is 1. The van der Waals surface area contributed by atoms with Crippen molar-refractivity contribution in [2.45, 2.75) is 6.92 Å². The molecule has 1 aliphatic rings. The molecule has 1 atom stereocenters. The molecule has 1 heterocycles. The number of Topliss-reactive ketones (excluding diaryl/α,β-unsaturated/α-hetero) is 1. The first kappa shape index (κ1) is 8.20. The van der Waals surface area contributed by atoms with Crippen LogP contribution in [0.25, 0.3) is 0 Å². The molecule has 4 nitrogen and oxygen atoms in total. The smallest absolute Gasteiger partial charge is 0.318 e. The fraction of sp³-hybridized carbons (Fsp3) is 0.714. The molecule has 0 bridgehead atoms. The van der Waals surface area contributed by atoms with E-state index in [4.69, 9.17) is 4.74 Å². The molecule has 1 unspecified atom stereocenters. The van der Waals surface area contributed by atoms with Crippen molar-refractivity contribution in [1.29, 1.82) is 0 Å². The third-order valence-corrected chi connectivity index (χ3v) is 1.49. The second kappa shape index (κ2) is 3.48. The van der Waals surface area contributed by atoms with Crippen molar-refractivity contribution in [3.63, 3.8) is 0 Å². The van der Waals surface area contributed by atoms with Gasteiger partial charge in [0.15, 0.2) is 5.78 Å². The molecule has 1 saturated heterocycles. The van der Waals surface area contributed by atoms with E-state index < -0.39 is 11.9 Å². The van der Waals surface area contributed by atoms with Crippen molar-refractivity contribution in [1.82, 2.24) is 0 Å². The Kier molecular flexibility index (Phi) is 2.59. The molecule has 1 aliphatic heterocycles. The number of carbonyl (C=O) groups is 2. The maximum absolute atomic E-state index is 10.9. The molecule has 0 N–H and O–H groups in total. The third kappa shape index (κ3) is 1.77. The molecule has 62 valence electrons. The van der Waals surface area contributed by atoms with Gasteiger partial charge in [0.05, 0.1) is 13.2 Å². The Labute approximate surface area is 64.5 Å². The van der Waals surface area contributed by atoms with E-state index in [0.29, 0.717) is 6.61 Å². The number of rotatable bonds is 2. The number of hydrogen-bond acceptors (Lipinski definition) is 4. The number of hydrogen-bond donors (Lipinski definition) is 0. The monoisotopic (exact) mass is 158 g/mol. The summed E-state index contributed by atoms with van der Waals surface area (Å²) in [5.74, 6) is -1.31. The van der Waals surface area contributed by atoms with Gasteiger partial charge < -0.3 is 9.47 Å². The lowest BCUT2D eigenvalue weighted by Crippen LogP contribution is -2.24. The zero-order chi connectivity index (χ0) is 8.27. The summed E-state index contributed by atoms with van der Waals surface area (Å²) >= 11 is 0. The summed E-state index contributed by atoms with van der Waals surface area (Å²) in [4.78, 5) is 21.8. The Balaban J connectivity index is 2.46. The molecule has 0 aromatic carbocycles. The van der Waals surface area contributed by atoms with Crippen LogP contribution < -0.4 is 0 Å². The van der Waals surface area contributed by atoms with E-state index in [1.165, 1.54) is 0 Å². The van der Waals surface area contributed by atoms with Crippen LogP contribution in [0.2, 0.25) is 0 Å². The van der Waals surface area contributed by atoms with Gasteiger partial charge in [-0.2, -0.15) is 0 Å². The summed E-state index contributed by atoms with van der Waals surface area (Å²) < 4.78 is 9.44. The van der Waals surface area contributed by atoms with Crippen LogP contribution in [0, 0.1) is 5.92 Å². The van der Waals surface area contributed by atoms with Crippen molar-refractivity contribution in [3.05, 3.63) is 0 Å². The highest BCUT2D eigenvalue weighted by atomic mass is 16.5. The van der Waals surface area contributed by atoms with Crippen molar-refractivity contribution in [2.24, 2.45) is 5.92 Å². The summed E-state index contributed by atoms with van der Waals surface area (Å²) in [5.41, 5.74) is 0. The topological polar surface area (TPSA) is 52.6 Å². The number of ketones is 1. The highest BCUT2D eigenvalue weighted by Crippen LogP contribution is 2.09. The fourth-order valence-electron chi connectivity index (χ4n) is 0.913. The first-order valence-electron chi connectivity index (χ1n) is 3.52. The van der Waals surface area contributed by atoms with Crippen molar-refractivity contribution >= 4 is 11.8 Å². The molecule has 0 aromatic heterocycles. The average molecular weight is 158 g/mol. The van der Waals surface area contributed by atoms with Crippen LogP contribution >= 0.6 is 0 Å². The van der Waals surface area contributed by atoms with Crippen LogP contribution in [0.4, 0.5) is 0 Å². The van der Waals surface area contributed by atoms with Gasteiger partial charge in [0.2, 0.25) is 0 Å². The minimum Gasteiger partial charge on any atom is -0.465 e. The van der Waals surface area contributed by atoms with Gasteiger partial charge in [-0.25, -0.2) is 0 Å². The summed E-state index contributed by atoms with van der Waals surface area (Å²) in [6.45, 7) is 2.24. The second-order valence-electron chi connectivity index (χ2n) is 2.29. The molecule has 4 heteroatoms. The predicted octanol–water partition coefficient (Wildman–Crippen LogP) is -0.235. The molecule has 0 amide bonds. The molecular formula is C7H10O4. The summed E-state index contributed by atoms with van der Waals surface area (Å²) in [6, 6.07) is 0. The normalized spacial score (nSPS) is 23.7. The van der Waals surface area contributed by atoms with Gasteiger partial charge in [-0.15, -0.1) is 0 Å². The lowest BCUT2D eigenvalue weighted by molar-refractivity contribution is -0.150. The fourth-order valence-corrected chi connectivity index (χ4v) is 0.913. The quantitative estimate of drug-likeness (QED) is 0.411. The van der Waals surface area contributed by atoms with E-state index in [1.807, 2.05) is 0 Å². The van der Waals surface area contributed by atoms with Crippen LogP contribution in [0.3, 0.4) is 0 Å². The molecule has 0 radical (unpaired) electrons. The predicted molar refractivity (Wildman–Crippen MR) is 35.9 cm³/mol. The van der Waals surface area contributed by atoms with Gasteiger partial charge >= 0.3 is 5.97 Å². The third-order valence-electron chi connectivity index (χ3n) is 1.49. The molecule has 0 aromatic rings. The molecule has 1 rings (SSSR count). The van der Waals surface area contributed by atoms with Crippen LogP contribution in [-0.4, -0.2) is 31.6 Å². The van der Waals surface area contributed by atoms with Crippen molar-refractivity contribution in [3.8, 4) is 0 Å². The minimum atomic E-state index is -0.671. The van der Waals surface area contributed by atoms with Crippen LogP contribution in [0.15, 0.2) is 0 Å². The van der Waals surface area contributed by atoms with E-state index in [1.54, 1.807) is 6.92 Å². The zero-order valence-corrected chi connectivity index (χ0v) is 6.33. The van der Waals surface area contributed by atoms with Gasteiger partial charge in [0.25, 0.3) is 0 Å². The Morgan fingerprint density at radius 2 is 2.55 bits per heavy atom. The molecule has 0 spiro atoms. The lowest BCUT2D eigenvalue weighted by atomic mass is 10.1. The van der Waals surface area contributed by atoms with Crippen LogP contribution in [0.1, 0.15) is 6.92 Å². The van der Waals surface area contributed by atoms with Crippen LogP contribution in [-0.2, 0) is 19.1 Å². The van der Waals surface area contributed by atoms with Gasteiger partial charge in [-0.05, 0) is 6.92 Å². The maximum atomic E-state index is 10.9. The van der Waals surface area contributed by atoms with Gasteiger partial charge in [-0.3, -0.25) is 9.59 Å². The average Bonchev–Trinajstić information content (AvgIpc) is 2.36. The van der Waals surface area contributed by atoms with E-state index in [2.05, 4.69) is 4.74 Å². The van der Waals surface area contributed by atoms with Crippen LogP contribution in [0.5, 0.6) is 0 Å². The molecule has 1 fully saturated rings. The van der Waals surface area contributed by atoms with E-state index >= 15 is 0 Å². The molecule has 0 aliphatic carbocycles. The highest BCUT2D eigenvalue weighted by molar-refractivity contribution is 6.00. The molecule has 11 heavy (non-hydrogen) atoms. The maximum Gasteiger partial charge on any atom is 0.318 e. The first-order chi connectivity index (χ1) is 5.25. The lowest BCUT2D eigenvalue weighted by Gasteiger charge is -2.03. The standard InChI is InChI=1S/C7H10O4/c1-2-11-7(9)5-3-10-4-6(5)8/h5H,2-4H2,1H3. The largest absolute Gasteiger partial charge is 0.465 e. The second-order valence-corrected chi connectivity index (χ2v) is 2.29. The summed E-state index contributed by atoms with van der Waals surface area (Å²) in [6.07, 6.45) is 0. The van der Waals surface area contributed by atoms with Crippen molar-refractivity contribution in [2.75, 3.05) is 19.8 Å². The Morgan fingerprint density at radius 3 is 3.00 bits per heavy atom. The Bertz CT molecular complexity index is 175. The van der Waals surface area contributed by atoms with Gasteiger partial charge in [-0.1, -0.05) is 0 Å². The van der Waals surface area contributed by atoms with Gasteiger partial charge in [0.1, 0.15) is 12.5 Å². The molecular weight excluding hydrogens is 148 g/mol. The molecule has 0 saturated carbocycles. The van der Waals surface area contributed by atoms with E-state index in [9.17, 15) is 9.59 Å². The Hall–Kier alpha value is -0.900. The summed E-state index contributed by atoms with van der Waals surface area (Å²) in [7, 11) is 0. The number of carbonyl (C=O) groups excluding carboxylic acids is 2.